The van der Waals surface area contributed by atoms with Gasteiger partial charge in [-0.25, -0.2) is 13.1 Å². The third kappa shape index (κ3) is 3.29. The highest BCUT2D eigenvalue weighted by molar-refractivity contribution is 7.89. The molecule has 0 radical (unpaired) electrons. The second kappa shape index (κ2) is 6.52. The minimum Gasteiger partial charge on any atom is -0.480 e. The van der Waals surface area contributed by atoms with E-state index in [9.17, 15) is 8.42 Å². The lowest BCUT2D eigenvalue weighted by atomic mass is 10.4. The van der Waals surface area contributed by atoms with Gasteiger partial charge in [0.25, 0.3) is 0 Å². The van der Waals surface area contributed by atoms with E-state index in [-0.39, 0.29) is 21.5 Å². The summed E-state index contributed by atoms with van der Waals surface area (Å²) in [5.74, 6) is 0.648. The first kappa shape index (κ1) is 16.9. The first-order valence-corrected chi connectivity index (χ1v) is 8.84. The molecule has 0 saturated carbocycles. The fourth-order valence-corrected chi connectivity index (χ4v) is 3.70. The molecule has 1 aromatic carbocycles. The van der Waals surface area contributed by atoms with Gasteiger partial charge in [0.1, 0.15) is 4.90 Å². The van der Waals surface area contributed by atoms with Crippen LogP contribution in [-0.4, -0.2) is 35.3 Å². The number of benzene rings is 1. The largest absolute Gasteiger partial charge is 0.480 e. The summed E-state index contributed by atoms with van der Waals surface area (Å²) in [4.78, 5) is -0.115. The van der Waals surface area contributed by atoms with Crippen molar-refractivity contribution in [1.82, 2.24) is 24.5 Å². The van der Waals surface area contributed by atoms with Crippen molar-refractivity contribution in [3.05, 3.63) is 46.2 Å². The van der Waals surface area contributed by atoms with Gasteiger partial charge in [-0.1, -0.05) is 23.2 Å². The zero-order chi connectivity index (χ0) is 17.3. The maximum absolute atomic E-state index is 12.4. The molecule has 0 bridgehead atoms. The van der Waals surface area contributed by atoms with E-state index in [0.717, 1.165) is 0 Å². The van der Waals surface area contributed by atoms with E-state index in [1.54, 1.807) is 12.1 Å². The monoisotopic (exact) mass is 387 g/mol. The zero-order valence-corrected chi connectivity index (χ0v) is 14.6. The molecule has 0 saturated heterocycles. The maximum atomic E-state index is 12.4. The summed E-state index contributed by atoms with van der Waals surface area (Å²) >= 11 is 11.8. The molecule has 2 aromatic heterocycles. The summed E-state index contributed by atoms with van der Waals surface area (Å²) in [6.07, 6.45) is 0. The quantitative estimate of drug-likeness (QED) is 0.717. The molecule has 126 valence electrons. The molecule has 0 aliphatic rings. The molecule has 11 heteroatoms. The second-order valence-corrected chi connectivity index (χ2v) is 7.24. The van der Waals surface area contributed by atoms with Crippen molar-refractivity contribution in [1.29, 1.82) is 0 Å². The van der Waals surface area contributed by atoms with Crippen LogP contribution in [0.25, 0.3) is 5.65 Å². The van der Waals surface area contributed by atoms with Crippen LogP contribution in [0.15, 0.2) is 35.2 Å². The predicted octanol–water partition coefficient (Wildman–Crippen LogP) is 1.92. The molecule has 0 amide bonds. The van der Waals surface area contributed by atoms with Gasteiger partial charge in [0, 0.05) is 11.1 Å². The SMILES string of the molecule is COc1ccc2nnc(CNS(=O)(=O)c3cc(Cl)ccc3Cl)n2n1. The van der Waals surface area contributed by atoms with Crippen LogP contribution in [0, 0.1) is 0 Å². The van der Waals surface area contributed by atoms with Gasteiger partial charge in [0.15, 0.2) is 11.5 Å². The summed E-state index contributed by atoms with van der Waals surface area (Å²) in [7, 11) is -2.41. The summed E-state index contributed by atoms with van der Waals surface area (Å²) in [6, 6.07) is 7.48. The Labute approximate surface area is 147 Å². The maximum Gasteiger partial charge on any atom is 0.242 e. The number of hydrogen-bond acceptors (Lipinski definition) is 6. The molecule has 3 aromatic rings. The molecule has 0 atom stereocenters. The third-order valence-electron chi connectivity index (χ3n) is 3.12. The fraction of sp³-hybridized carbons (Fsp3) is 0.154. The van der Waals surface area contributed by atoms with Gasteiger partial charge < -0.3 is 4.74 Å². The van der Waals surface area contributed by atoms with Crippen LogP contribution in [-0.2, 0) is 16.6 Å². The number of fused-ring (bicyclic) bond motifs is 1. The summed E-state index contributed by atoms with van der Waals surface area (Å²) in [5.41, 5.74) is 0.464. The predicted molar refractivity (Wildman–Crippen MR) is 87.8 cm³/mol. The van der Waals surface area contributed by atoms with Gasteiger partial charge in [-0.15, -0.1) is 15.3 Å². The number of nitrogens with zero attached hydrogens (tertiary/aromatic N) is 4. The molecule has 0 unspecified atom stereocenters. The Morgan fingerprint density at radius 3 is 2.75 bits per heavy atom. The number of aromatic nitrogens is 4. The molecule has 1 N–H and O–H groups in total. The number of methoxy groups -OCH3 is 1. The first-order chi connectivity index (χ1) is 11.4. The molecule has 3 rings (SSSR count). The molecular formula is C13H11Cl2N5O3S. The lowest BCUT2D eigenvalue weighted by molar-refractivity contribution is 0.389. The lowest BCUT2D eigenvalue weighted by Gasteiger charge is -2.08. The number of hydrogen-bond donors (Lipinski definition) is 1. The van der Waals surface area contributed by atoms with Crippen molar-refractivity contribution in [2.24, 2.45) is 0 Å². The zero-order valence-electron chi connectivity index (χ0n) is 12.3. The number of sulfonamides is 1. The van der Waals surface area contributed by atoms with Gasteiger partial charge >= 0.3 is 0 Å². The van der Waals surface area contributed by atoms with Gasteiger partial charge in [0.2, 0.25) is 15.9 Å². The average molecular weight is 388 g/mol. The van der Waals surface area contributed by atoms with Crippen molar-refractivity contribution in [2.45, 2.75) is 11.4 Å². The summed E-state index contributed by atoms with van der Waals surface area (Å²) in [5, 5.41) is 12.3. The van der Waals surface area contributed by atoms with E-state index >= 15 is 0 Å². The topological polar surface area (TPSA) is 98.5 Å². The van der Waals surface area contributed by atoms with Crippen LogP contribution >= 0.6 is 23.2 Å². The Morgan fingerprint density at radius 1 is 1.21 bits per heavy atom. The third-order valence-corrected chi connectivity index (χ3v) is 5.23. The smallest absolute Gasteiger partial charge is 0.242 e. The lowest BCUT2D eigenvalue weighted by Crippen LogP contribution is -2.25. The standard InChI is InChI=1S/C13H11Cl2N5O3S/c1-23-13-5-4-11-17-18-12(20(11)19-13)7-16-24(21,22)10-6-8(14)2-3-9(10)15/h2-6,16H,7H2,1H3. The molecule has 0 spiro atoms. The van der Waals surface area contributed by atoms with Crippen LogP contribution in [0.5, 0.6) is 5.88 Å². The molecule has 0 fully saturated rings. The molecule has 0 aliphatic heterocycles. The molecular weight excluding hydrogens is 377 g/mol. The van der Waals surface area contributed by atoms with Crippen LogP contribution in [0.2, 0.25) is 10.0 Å². The van der Waals surface area contributed by atoms with Crippen molar-refractivity contribution in [3.8, 4) is 5.88 Å². The van der Waals surface area contributed by atoms with E-state index in [1.165, 1.54) is 29.8 Å². The normalized spacial score (nSPS) is 11.8. The Morgan fingerprint density at radius 2 is 2.00 bits per heavy atom. The number of halogens is 2. The fourth-order valence-electron chi connectivity index (χ4n) is 1.96. The summed E-state index contributed by atoms with van der Waals surface area (Å²) < 4.78 is 33.6. The van der Waals surface area contributed by atoms with Gasteiger partial charge in [-0.3, -0.25) is 0 Å². The number of nitrogens with one attached hydrogen (secondary N) is 1. The Kier molecular flexibility index (Phi) is 4.59. The van der Waals surface area contributed by atoms with E-state index in [2.05, 4.69) is 20.0 Å². The summed E-state index contributed by atoms with van der Waals surface area (Å²) in [6.45, 7) is -0.132. The Bertz CT molecular complexity index is 1010. The van der Waals surface area contributed by atoms with Gasteiger partial charge in [-0.05, 0) is 24.3 Å². The highest BCUT2D eigenvalue weighted by atomic mass is 35.5. The number of ether oxygens (including phenoxy) is 1. The molecule has 24 heavy (non-hydrogen) atoms. The molecule has 0 aliphatic carbocycles. The highest BCUT2D eigenvalue weighted by Gasteiger charge is 2.19. The van der Waals surface area contributed by atoms with E-state index < -0.39 is 10.0 Å². The van der Waals surface area contributed by atoms with Crippen molar-refractivity contribution >= 4 is 38.9 Å². The van der Waals surface area contributed by atoms with Crippen LogP contribution < -0.4 is 9.46 Å². The minimum atomic E-state index is -3.88. The molecule has 2 heterocycles. The van der Waals surface area contributed by atoms with Crippen molar-refractivity contribution < 1.29 is 13.2 Å². The van der Waals surface area contributed by atoms with Crippen LogP contribution in [0.1, 0.15) is 5.82 Å². The highest BCUT2D eigenvalue weighted by Crippen LogP contribution is 2.24. The average Bonchev–Trinajstić information content (AvgIpc) is 2.97. The van der Waals surface area contributed by atoms with Crippen molar-refractivity contribution in [3.63, 3.8) is 0 Å². The second-order valence-electron chi connectivity index (χ2n) is 4.66. The molecule has 8 nitrogen and oxygen atoms in total. The Hall–Kier alpha value is -1.94. The van der Waals surface area contributed by atoms with E-state index in [0.29, 0.717) is 17.4 Å². The van der Waals surface area contributed by atoms with Crippen molar-refractivity contribution in [2.75, 3.05) is 7.11 Å². The van der Waals surface area contributed by atoms with Gasteiger partial charge in [0.05, 0.1) is 18.7 Å². The van der Waals surface area contributed by atoms with Crippen LogP contribution in [0.3, 0.4) is 0 Å². The Balaban J connectivity index is 1.88. The van der Waals surface area contributed by atoms with E-state index in [4.69, 9.17) is 27.9 Å². The minimum absolute atomic E-state index is 0.0674. The number of rotatable bonds is 5. The first-order valence-electron chi connectivity index (χ1n) is 6.61. The van der Waals surface area contributed by atoms with Crippen LogP contribution in [0.4, 0.5) is 0 Å². The van der Waals surface area contributed by atoms with Gasteiger partial charge in [-0.2, -0.15) is 4.52 Å². The van der Waals surface area contributed by atoms with E-state index in [1.807, 2.05) is 0 Å².